The SMILES string of the molecule is CC1(c2ccsc2)NC(=O)N(CC(O)c2ccccc2F)C1=O. The number of carbonyl (C=O) groups excluding carboxylic acids is 2. The molecule has 3 rings (SSSR count). The number of rotatable bonds is 4. The van der Waals surface area contributed by atoms with Crippen LogP contribution in [0, 0.1) is 5.82 Å². The zero-order valence-electron chi connectivity index (χ0n) is 12.3. The van der Waals surface area contributed by atoms with Gasteiger partial charge in [-0.1, -0.05) is 18.2 Å². The second kappa shape index (κ2) is 5.75. The van der Waals surface area contributed by atoms with Crippen molar-refractivity contribution in [1.82, 2.24) is 10.2 Å². The number of hydrogen-bond acceptors (Lipinski definition) is 4. The minimum absolute atomic E-state index is 0.0530. The van der Waals surface area contributed by atoms with Crippen LogP contribution in [0.3, 0.4) is 0 Å². The molecule has 0 bridgehead atoms. The van der Waals surface area contributed by atoms with Crippen LogP contribution in [0.4, 0.5) is 9.18 Å². The standard InChI is InChI=1S/C16H15FN2O3S/c1-16(10-6-7-23-9-10)14(21)19(15(22)18-16)8-13(20)11-4-2-3-5-12(11)17/h2-7,9,13,20H,8H2,1H3,(H,18,22). The molecule has 1 aliphatic rings. The summed E-state index contributed by atoms with van der Waals surface area (Å²) in [4.78, 5) is 25.7. The fourth-order valence-electron chi connectivity index (χ4n) is 2.62. The van der Waals surface area contributed by atoms with Crippen molar-refractivity contribution >= 4 is 23.3 Å². The van der Waals surface area contributed by atoms with Crippen molar-refractivity contribution in [2.45, 2.75) is 18.6 Å². The largest absolute Gasteiger partial charge is 0.386 e. The number of β-amino-alcohol motifs (C(OH)–C–C–N with tert-alkyl or cyclic N) is 1. The first-order valence-electron chi connectivity index (χ1n) is 7.03. The molecule has 2 unspecified atom stereocenters. The van der Waals surface area contributed by atoms with Crippen LogP contribution in [0.25, 0.3) is 0 Å². The van der Waals surface area contributed by atoms with Gasteiger partial charge < -0.3 is 10.4 Å². The number of urea groups is 1. The van der Waals surface area contributed by atoms with Gasteiger partial charge in [-0.05, 0) is 35.4 Å². The van der Waals surface area contributed by atoms with Crippen molar-refractivity contribution in [3.05, 3.63) is 58.0 Å². The first-order valence-corrected chi connectivity index (χ1v) is 7.97. The molecule has 1 saturated heterocycles. The van der Waals surface area contributed by atoms with E-state index in [0.29, 0.717) is 5.56 Å². The van der Waals surface area contributed by atoms with Gasteiger partial charge in [-0.25, -0.2) is 9.18 Å². The number of amides is 3. The number of halogens is 1. The van der Waals surface area contributed by atoms with Crippen LogP contribution >= 0.6 is 11.3 Å². The van der Waals surface area contributed by atoms with Gasteiger partial charge in [0, 0.05) is 5.56 Å². The highest BCUT2D eigenvalue weighted by Gasteiger charge is 2.49. The summed E-state index contributed by atoms with van der Waals surface area (Å²) in [7, 11) is 0. The van der Waals surface area contributed by atoms with E-state index < -0.39 is 29.4 Å². The van der Waals surface area contributed by atoms with Crippen molar-refractivity contribution in [3.8, 4) is 0 Å². The Morgan fingerprint density at radius 2 is 2.09 bits per heavy atom. The van der Waals surface area contributed by atoms with Crippen LogP contribution in [0.5, 0.6) is 0 Å². The molecule has 2 N–H and O–H groups in total. The molecule has 1 aromatic carbocycles. The highest BCUT2D eigenvalue weighted by Crippen LogP contribution is 2.31. The van der Waals surface area contributed by atoms with Gasteiger partial charge in [0.15, 0.2) is 0 Å². The van der Waals surface area contributed by atoms with Gasteiger partial charge >= 0.3 is 6.03 Å². The summed E-state index contributed by atoms with van der Waals surface area (Å²) in [6.07, 6.45) is -1.28. The Kier molecular flexibility index (Phi) is 3.91. The number of thiophene rings is 1. The first-order chi connectivity index (χ1) is 10.9. The van der Waals surface area contributed by atoms with Gasteiger partial charge in [0.05, 0.1) is 12.6 Å². The van der Waals surface area contributed by atoms with E-state index in [1.165, 1.54) is 29.5 Å². The van der Waals surface area contributed by atoms with Crippen LogP contribution < -0.4 is 5.32 Å². The van der Waals surface area contributed by atoms with Gasteiger partial charge in [-0.2, -0.15) is 11.3 Å². The van der Waals surface area contributed by atoms with E-state index in [2.05, 4.69) is 5.32 Å². The van der Waals surface area contributed by atoms with Crippen molar-refractivity contribution in [3.63, 3.8) is 0 Å². The van der Waals surface area contributed by atoms with E-state index in [1.807, 2.05) is 5.38 Å². The smallest absolute Gasteiger partial charge is 0.325 e. The predicted molar refractivity (Wildman–Crippen MR) is 83.3 cm³/mol. The van der Waals surface area contributed by atoms with Gasteiger partial charge in [-0.15, -0.1) is 0 Å². The number of benzene rings is 1. The minimum Gasteiger partial charge on any atom is -0.386 e. The molecule has 2 heterocycles. The maximum Gasteiger partial charge on any atom is 0.325 e. The van der Waals surface area contributed by atoms with Gasteiger partial charge in [0.2, 0.25) is 0 Å². The van der Waals surface area contributed by atoms with Crippen LogP contribution in [0.1, 0.15) is 24.2 Å². The molecule has 120 valence electrons. The maximum atomic E-state index is 13.7. The Hall–Kier alpha value is -2.25. The summed E-state index contributed by atoms with van der Waals surface area (Å²) in [5.41, 5.74) is -0.424. The zero-order valence-corrected chi connectivity index (χ0v) is 13.1. The summed E-state index contributed by atoms with van der Waals surface area (Å²) in [5, 5.41) is 16.4. The average molecular weight is 334 g/mol. The Morgan fingerprint density at radius 1 is 1.35 bits per heavy atom. The van der Waals surface area contributed by atoms with E-state index in [0.717, 1.165) is 4.90 Å². The Balaban J connectivity index is 1.83. The summed E-state index contributed by atoms with van der Waals surface area (Å²) in [6.45, 7) is 1.32. The number of aliphatic hydroxyl groups excluding tert-OH is 1. The van der Waals surface area contributed by atoms with Crippen LogP contribution in [0.15, 0.2) is 41.1 Å². The predicted octanol–water partition coefficient (Wildman–Crippen LogP) is 2.39. The van der Waals surface area contributed by atoms with Crippen molar-refractivity contribution in [1.29, 1.82) is 0 Å². The second-order valence-corrected chi connectivity index (χ2v) is 6.30. The second-order valence-electron chi connectivity index (χ2n) is 5.52. The lowest BCUT2D eigenvalue weighted by molar-refractivity contribution is -0.132. The normalized spacial score (nSPS) is 22.3. The number of nitrogens with one attached hydrogen (secondary N) is 1. The molecule has 2 atom stereocenters. The molecule has 0 spiro atoms. The molecule has 7 heteroatoms. The van der Waals surface area contributed by atoms with Crippen molar-refractivity contribution in [2.75, 3.05) is 6.54 Å². The first kappa shape index (κ1) is 15.6. The van der Waals surface area contributed by atoms with Gasteiger partial charge in [-0.3, -0.25) is 9.69 Å². The molecule has 0 saturated carbocycles. The molecule has 5 nitrogen and oxygen atoms in total. The lowest BCUT2D eigenvalue weighted by atomic mass is 9.95. The molecule has 1 fully saturated rings. The summed E-state index contributed by atoms with van der Waals surface area (Å²) in [6, 6.07) is 6.91. The fraction of sp³-hybridized carbons (Fsp3) is 0.250. The quantitative estimate of drug-likeness (QED) is 0.844. The van der Waals surface area contributed by atoms with E-state index in [9.17, 15) is 19.1 Å². The number of carbonyl (C=O) groups is 2. The monoisotopic (exact) mass is 334 g/mol. The van der Waals surface area contributed by atoms with E-state index in [1.54, 1.807) is 24.4 Å². The van der Waals surface area contributed by atoms with E-state index in [-0.39, 0.29) is 12.1 Å². The molecule has 23 heavy (non-hydrogen) atoms. The molecule has 1 aromatic heterocycles. The van der Waals surface area contributed by atoms with Crippen molar-refractivity contribution in [2.24, 2.45) is 0 Å². The van der Waals surface area contributed by atoms with Gasteiger partial charge in [0.25, 0.3) is 5.91 Å². The number of hydrogen-bond donors (Lipinski definition) is 2. The van der Waals surface area contributed by atoms with Gasteiger partial charge in [0.1, 0.15) is 11.4 Å². The Morgan fingerprint density at radius 3 is 2.74 bits per heavy atom. The minimum atomic E-state index is -1.28. The topological polar surface area (TPSA) is 69.6 Å². The molecular formula is C16H15FN2O3S. The third-order valence-corrected chi connectivity index (χ3v) is 4.68. The summed E-state index contributed by atoms with van der Waals surface area (Å²) < 4.78 is 13.7. The summed E-state index contributed by atoms with van der Waals surface area (Å²) in [5.74, 6) is -1.04. The third kappa shape index (κ3) is 2.62. The van der Waals surface area contributed by atoms with Crippen LogP contribution in [-0.2, 0) is 10.3 Å². The van der Waals surface area contributed by atoms with E-state index >= 15 is 0 Å². The highest BCUT2D eigenvalue weighted by atomic mass is 32.1. The number of imide groups is 1. The molecule has 3 amide bonds. The lowest BCUT2D eigenvalue weighted by Crippen LogP contribution is -2.41. The number of nitrogens with zero attached hydrogens (tertiary/aromatic N) is 1. The van der Waals surface area contributed by atoms with E-state index in [4.69, 9.17) is 0 Å². The third-order valence-electron chi connectivity index (χ3n) is 3.99. The van der Waals surface area contributed by atoms with Crippen LogP contribution in [-0.4, -0.2) is 28.5 Å². The maximum absolute atomic E-state index is 13.7. The molecule has 1 aliphatic heterocycles. The highest BCUT2D eigenvalue weighted by molar-refractivity contribution is 7.08. The Bertz CT molecular complexity index is 750. The molecule has 0 aliphatic carbocycles. The molecular weight excluding hydrogens is 319 g/mol. The fourth-order valence-corrected chi connectivity index (χ4v) is 3.39. The lowest BCUT2D eigenvalue weighted by Gasteiger charge is -2.22. The Labute approximate surface area is 136 Å². The number of aliphatic hydroxyl groups is 1. The summed E-state index contributed by atoms with van der Waals surface area (Å²) >= 11 is 1.42. The molecule has 2 aromatic rings. The average Bonchev–Trinajstić information content (AvgIpc) is 3.12. The zero-order chi connectivity index (χ0) is 16.6. The van der Waals surface area contributed by atoms with Crippen LogP contribution in [0.2, 0.25) is 0 Å². The van der Waals surface area contributed by atoms with Crippen molar-refractivity contribution < 1.29 is 19.1 Å². The molecule has 0 radical (unpaired) electrons.